The molecular weight excluding hydrogens is 250 g/mol. The molecule has 0 saturated heterocycles. The number of aromatic carboxylic acids is 1. The molecule has 0 aliphatic heterocycles. The smallest absolute Gasteiger partial charge is 0.371 e. The van der Waals surface area contributed by atoms with Crippen molar-refractivity contribution in [3.05, 3.63) is 23.7 Å². The number of rotatable bonds is 6. The maximum atomic E-state index is 12.0. The fourth-order valence-corrected chi connectivity index (χ4v) is 2.22. The molecule has 2 N–H and O–H groups in total. The highest BCUT2D eigenvalue weighted by Crippen LogP contribution is 2.35. The Hall–Kier alpha value is -1.82. The van der Waals surface area contributed by atoms with E-state index >= 15 is 0 Å². The van der Waals surface area contributed by atoms with Crippen molar-refractivity contribution in [1.29, 1.82) is 0 Å². The normalized spacial score (nSPS) is 16.7. The molecule has 2 rings (SSSR count). The van der Waals surface area contributed by atoms with Gasteiger partial charge >= 0.3 is 5.97 Å². The van der Waals surface area contributed by atoms with E-state index in [4.69, 9.17) is 14.3 Å². The van der Waals surface area contributed by atoms with Gasteiger partial charge in [0.25, 0.3) is 5.91 Å². The summed E-state index contributed by atoms with van der Waals surface area (Å²) in [5.41, 5.74) is -0.233. The maximum absolute atomic E-state index is 12.0. The lowest BCUT2D eigenvalue weighted by molar-refractivity contribution is 0.0651. The van der Waals surface area contributed by atoms with Crippen LogP contribution in [0.1, 0.15) is 46.8 Å². The van der Waals surface area contributed by atoms with Crippen LogP contribution in [0.3, 0.4) is 0 Å². The first-order chi connectivity index (χ1) is 9.06. The highest BCUT2D eigenvalue weighted by atomic mass is 16.5. The van der Waals surface area contributed by atoms with Crippen LogP contribution in [0.25, 0.3) is 0 Å². The summed E-state index contributed by atoms with van der Waals surface area (Å²) in [4.78, 5) is 22.7. The molecule has 1 aromatic rings. The molecular formula is C13H17NO5. The molecule has 1 saturated carbocycles. The summed E-state index contributed by atoms with van der Waals surface area (Å²) < 4.78 is 10.0. The van der Waals surface area contributed by atoms with Crippen LogP contribution in [0.2, 0.25) is 0 Å². The number of carbonyl (C=O) groups is 2. The molecule has 0 bridgehead atoms. The molecule has 1 fully saturated rings. The number of amides is 1. The molecule has 1 aromatic heterocycles. The minimum absolute atomic E-state index is 0.0288. The largest absolute Gasteiger partial charge is 0.475 e. The van der Waals surface area contributed by atoms with Crippen LogP contribution in [0.5, 0.6) is 0 Å². The molecule has 0 aromatic carbocycles. The summed E-state index contributed by atoms with van der Waals surface area (Å²) in [6, 6.07) is 2.65. The van der Waals surface area contributed by atoms with E-state index < -0.39 is 5.97 Å². The van der Waals surface area contributed by atoms with E-state index in [1.165, 1.54) is 12.1 Å². The second-order valence-corrected chi connectivity index (χ2v) is 4.80. The quantitative estimate of drug-likeness (QED) is 0.818. The summed E-state index contributed by atoms with van der Waals surface area (Å²) in [6.07, 6.45) is 3.65. The van der Waals surface area contributed by atoms with Gasteiger partial charge in [-0.15, -0.1) is 0 Å². The van der Waals surface area contributed by atoms with Crippen molar-refractivity contribution >= 4 is 11.9 Å². The molecule has 1 aliphatic carbocycles. The van der Waals surface area contributed by atoms with Gasteiger partial charge in [-0.1, -0.05) is 0 Å². The first-order valence-corrected chi connectivity index (χ1v) is 6.21. The van der Waals surface area contributed by atoms with E-state index in [1.807, 2.05) is 0 Å². The average molecular weight is 267 g/mol. The van der Waals surface area contributed by atoms with Gasteiger partial charge in [0, 0.05) is 19.3 Å². The minimum atomic E-state index is -1.18. The second kappa shape index (κ2) is 5.44. The number of furan rings is 1. The highest BCUT2D eigenvalue weighted by molar-refractivity contribution is 5.94. The third-order valence-electron chi connectivity index (χ3n) is 3.51. The van der Waals surface area contributed by atoms with Crippen molar-refractivity contribution in [1.82, 2.24) is 5.32 Å². The zero-order valence-corrected chi connectivity index (χ0v) is 10.8. The topological polar surface area (TPSA) is 88.8 Å². The minimum Gasteiger partial charge on any atom is -0.475 e. The Kier molecular flexibility index (Phi) is 3.90. The first kappa shape index (κ1) is 13.6. The lowest BCUT2D eigenvalue weighted by Crippen LogP contribution is -2.54. The molecule has 6 nitrogen and oxygen atoms in total. The lowest BCUT2D eigenvalue weighted by atomic mass is 9.74. The van der Waals surface area contributed by atoms with E-state index in [0.717, 1.165) is 25.7 Å². The lowest BCUT2D eigenvalue weighted by Gasteiger charge is -2.42. The van der Waals surface area contributed by atoms with Gasteiger partial charge in [-0.25, -0.2) is 4.79 Å². The van der Waals surface area contributed by atoms with Crippen molar-refractivity contribution in [3.63, 3.8) is 0 Å². The van der Waals surface area contributed by atoms with Crippen LogP contribution >= 0.6 is 0 Å². The van der Waals surface area contributed by atoms with Crippen molar-refractivity contribution in [2.75, 3.05) is 13.7 Å². The van der Waals surface area contributed by atoms with Gasteiger partial charge < -0.3 is 19.6 Å². The fraction of sp³-hybridized carbons (Fsp3) is 0.538. The second-order valence-electron chi connectivity index (χ2n) is 4.80. The predicted molar refractivity (Wildman–Crippen MR) is 66.2 cm³/mol. The van der Waals surface area contributed by atoms with Crippen LogP contribution in [0.15, 0.2) is 16.5 Å². The molecule has 6 heteroatoms. The standard InChI is InChI=1S/C13H17NO5/c1-18-8-7-13(5-2-6-13)14-11(15)9-3-4-10(19-9)12(16)17/h3-4H,2,5-8H2,1H3,(H,14,15)(H,16,17). The number of carboxylic acids is 1. The average Bonchev–Trinajstić information content (AvgIpc) is 2.81. The van der Waals surface area contributed by atoms with Gasteiger partial charge in [0.1, 0.15) is 0 Å². The first-order valence-electron chi connectivity index (χ1n) is 6.21. The van der Waals surface area contributed by atoms with Crippen LogP contribution in [-0.4, -0.2) is 36.2 Å². The zero-order valence-electron chi connectivity index (χ0n) is 10.8. The van der Waals surface area contributed by atoms with Crippen molar-refractivity contribution in [3.8, 4) is 0 Å². The molecule has 0 unspecified atom stereocenters. The van der Waals surface area contributed by atoms with Gasteiger partial charge in [-0.05, 0) is 37.8 Å². The van der Waals surface area contributed by atoms with Crippen molar-refractivity contribution in [2.24, 2.45) is 0 Å². The van der Waals surface area contributed by atoms with Gasteiger partial charge in [0.2, 0.25) is 5.76 Å². The number of hydrogen-bond acceptors (Lipinski definition) is 4. The molecule has 1 amide bonds. The van der Waals surface area contributed by atoms with Gasteiger partial charge in [-0.2, -0.15) is 0 Å². The number of hydrogen-bond donors (Lipinski definition) is 2. The number of nitrogens with one attached hydrogen (secondary N) is 1. The summed E-state index contributed by atoms with van der Waals surface area (Å²) in [6.45, 7) is 0.582. The summed E-state index contributed by atoms with van der Waals surface area (Å²) >= 11 is 0. The third-order valence-corrected chi connectivity index (χ3v) is 3.51. The number of carbonyl (C=O) groups excluding carboxylic acids is 1. The summed E-state index contributed by atoms with van der Waals surface area (Å²) in [7, 11) is 1.62. The molecule has 19 heavy (non-hydrogen) atoms. The van der Waals surface area contributed by atoms with Crippen LogP contribution in [-0.2, 0) is 4.74 Å². The maximum Gasteiger partial charge on any atom is 0.371 e. The van der Waals surface area contributed by atoms with Gasteiger partial charge in [0.05, 0.1) is 0 Å². The Morgan fingerprint density at radius 3 is 2.58 bits per heavy atom. The number of carboxylic acid groups (broad SMARTS) is 1. The van der Waals surface area contributed by atoms with Crippen LogP contribution < -0.4 is 5.32 Å². The molecule has 1 heterocycles. The van der Waals surface area contributed by atoms with Crippen molar-refractivity contribution in [2.45, 2.75) is 31.2 Å². The van der Waals surface area contributed by atoms with Crippen LogP contribution in [0, 0.1) is 0 Å². The van der Waals surface area contributed by atoms with Gasteiger partial charge in [-0.3, -0.25) is 4.79 Å². The molecule has 104 valence electrons. The fourth-order valence-electron chi connectivity index (χ4n) is 2.22. The van der Waals surface area contributed by atoms with E-state index in [-0.39, 0.29) is 23.0 Å². The third kappa shape index (κ3) is 2.96. The monoisotopic (exact) mass is 267 g/mol. The Labute approximate surface area is 110 Å². The van der Waals surface area contributed by atoms with E-state index in [0.29, 0.717) is 6.61 Å². The molecule has 1 aliphatic rings. The molecule has 0 spiro atoms. The molecule has 0 atom stereocenters. The van der Waals surface area contributed by atoms with Crippen LogP contribution in [0.4, 0.5) is 0 Å². The SMILES string of the molecule is COCCC1(NC(=O)c2ccc(C(=O)O)o2)CCC1. The number of ether oxygens (including phenoxy) is 1. The Morgan fingerprint density at radius 1 is 1.42 bits per heavy atom. The van der Waals surface area contributed by atoms with E-state index in [9.17, 15) is 9.59 Å². The van der Waals surface area contributed by atoms with Crippen molar-refractivity contribution < 1.29 is 23.8 Å². The highest BCUT2D eigenvalue weighted by Gasteiger charge is 2.38. The number of methoxy groups -OCH3 is 1. The zero-order chi connectivity index (χ0) is 13.9. The van der Waals surface area contributed by atoms with E-state index in [1.54, 1.807) is 7.11 Å². The Balaban J connectivity index is 2.00. The van der Waals surface area contributed by atoms with Gasteiger partial charge in [0.15, 0.2) is 5.76 Å². The Morgan fingerprint density at radius 2 is 2.11 bits per heavy atom. The Bertz CT molecular complexity index is 475. The van der Waals surface area contributed by atoms with E-state index in [2.05, 4.69) is 5.32 Å². The summed E-state index contributed by atoms with van der Waals surface area (Å²) in [5.74, 6) is -1.76. The predicted octanol–water partition coefficient (Wildman–Crippen LogP) is 1.67. The molecule has 0 radical (unpaired) electrons. The summed E-state index contributed by atoms with van der Waals surface area (Å²) in [5, 5.41) is 11.7.